The van der Waals surface area contributed by atoms with Crippen molar-refractivity contribution in [3.8, 4) is 11.3 Å². The van der Waals surface area contributed by atoms with Crippen LogP contribution in [0, 0.1) is 6.92 Å². The molecule has 1 N–H and O–H groups in total. The molecule has 0 atom stereocenters. The number of benzene rings is 1. The summed E-state index contributed by atoms with van der Waals surface area (Å²) in [7, 11) is 1.95. The fraction of sp³-hybridized carbons (Fsp3) is 0.231. The van der Waals surface area contributed by atoms with Gasteiger partial charge >= 0.3 is 0 Å². The maximum atomic E-state index is 5.47. The molecule has 3 heteroatoms. The Morgan fingerprint density at radius 1 is 1.31 bits per heavy atom. The fourth-order valence-corrected chi connectivity index (χ4v) is 2.20. The Bertz CT molecular complexity index is 490. The molecule has 0 spiro atoms. The minimum Gasteiger partial charge on any atom is -0.463 e. The van der Waals surface area contributed by atoms with E-state index in [0.717, 1.165) is 22.3 Å². The number of rotatable bonds is 3. The maximum Gasteiger partial charge on any atom is 0.148 e. The second-order valence-corrected chi connectivity index (χ2v) is 4.63. The highest BCUT2D eigenvalue weighted by molar-refractivity contribution is 9.10. The van der Waals surface area contributed by atoms with Crippen molar-refractivity contribution in [2.24, 2.45) is 0 Å². The molecule has 1 heterocycles. The maximum absolute atomic E-state index is 5.47. The highest BCUT2D eigenvalue weighted by Crippen LogP contribution is 2.31. The topological polar surface area (TPSA) is 25.2 Å². The van der Waals surface area contributed by atoms with Crippen molar-refractivity contribution >= 4 is 15.9 Å². The van der Waals surface area contributed by atoms with Gasteiger partial charge in [0.05, 0.1) is 10.7 Å². The molecule has 2 rings (SSSR count). The lowest BCUT2D eigenvalue weighted by Crippen LogP contribution is -2.05. The minimum atomic E-state index is 0.889. The van der Waals surface area contributed by atoms with E-state index < -0.39 is 0 Å². The van der Waals surface area contributed by atoms with E-state index in [-0.39, 0.29) is 0 Å². The first-order valence-electron chi connectivity index (χ1n) is 5.20. The number of halogens is 1. The number of nitrogens with one attached hydrogen (secondary N) is 1. The first-order chi connectivity index (χ1) is 7.72. The quantitative estimate of drug-likeness (QED) is 0.926. The van der Waals surface area contributed by atoms with Gasteiger partial charge in [-0.1, -0.05) is 18.2 Å². The largest absolute Gasteiger partial charge is 0.463 e. The van der Waals surface area contributed by atoms with E-state index in [4.69, 9.17) is 4.42 Å². The number of furan rings is 1. The normalized spacial score (nSPS) is 10.7. The Morgan fingerprint density at radius 2 is 2.12 bits per heavy atom. The Kier molecular flexibility index (Phi) is 3.46. The van der Waals surface area contributed by atoms with Crippen LogP contribution in [0.15, 0.2) is 39.4 Å². The average Bonchev–Trinajstić information content (AvgIpc) is 2.65. The SMILES string of the molecule is CNCc1ccc(-c2occc2Br)c(C)c1. The Balaban J connectivity index is 2.40. The van der Waals surface area contributed by atoms with Gasteiger partial charge in [0.1, 0.15) is 5.76 Å². The molecule has 16 heavy (non-hydrogen) atoms. The summed E-state index contributed by atoms with van der Waals surface area (Å²) < 4.78 is 6.47. The van der Waals surface area contributed by atoms with E-state index in [1.165, 1.54) is 11.1 Å². The van der Waals surface area contributed by atoms with Crippen LogP contribution in [-0.2, 0) is 6.54 Å². The first kappa shape index (κ1) is 11.4. The predicted molar refractivity (Wildman–Crippen MR) is 69.3 cm³/mol. The third-order valence-electron chi connectivity index (χ3n) is 2.53. The van der Waals surface area contributed by atoms with Crippen LogP contribution in [0.5, 0.6) is 0 Å². The Labute approximate surface area is 104 Å². The standard InChI is InChI=1S/C13H14BrNO/c1-9-7-10(8-15-2)3-4-11(9)13-12(14)5-6-16-13/h3-7,15H,8H2,1-2H3. The van der Waals surface area contributed by atoms with E-state index in [1.54, 1.807) is 6.26 Å². The highest BCUT2D eigenvalue weighted by atomic mass is 79.9. The summed E-state index contributed by atoms with van der Waals surface area (Å²) >= 11 is 3.48. The zero-order chi connectivity index (χ0) is 11.5. The summed E-state index contributed by atoms with van der Waals surface area (Å²) in [6, 6.07) is 8.32. The van der Waals surface area contributed by atoms with Crippen LogP contribution in [0.25, 0.3) is 11.3 Å². The van der Waals surface area contributed by atoms with E-state index >= 15 is 0 Å². The zero-order valence-electron chi connectivity index (χ0n) is 9.38. The van der Waals surface area contributed by atoms with E-state index in [9.17, 15) is 0 Å². The van der Waals surface area contributed by atoms with Crippen molar-refractivity contribution in [1.29, 1.82) is 0 Å². The van der Waals surface area contributed by atoms with Gasteiger partial charge in [-0.3, -0.25) is 0 Å². The van der Waals surface area contributed by atoms with Gasteiger partial charge in [-0.25, -0.2) is 0 Å². The van der Waals surface area contributed by atoms with Crippen LogP contribution in [0.4, 0.5) is 0 Å². The molecule has 0 aliphatic heterocycles. The molecule has 1 aromatic carbocycles. The van der Waals surface area contributed by atoms with Gasteiger partial charge in [0.15, 0.2) is 0 Å². The van der Waals surface area contributed by atoms with E-state index in [0.29, 0.717) is 0 Å². The van der Waals surface area contributed by atoms with Crippen LogP contribution >= 0.6 is 15.9 Å². The molecule has 1 aromatic heterocycles. The molecule has 0 bridgehead atoms. The molecule has 0 aliphatic rings. The summed E-state index contributed by atoms with van der Waals surface area (Å²) in [6.45, 7) is 2.99. The fourth-order valence-electron chi connectivity index (χ4n) is 1.78. The van der Waals surface area contributed by atoms with Gasteiger partial charge in [0, 0.05) is 12.1 Å². The van der Waals surface area contributed by atoms with Crippen molar-refractivity contribution in [1.82, 2.24) is 5.32 Å². The molecule has 0 radical (unpaired) electrons. The van der Waals surface area contributed by atoms with Crippen LogP contribution in [0.3, 0.4) is 0 Å². The van der Waals surface area contributed by atoms with Gasteiger partial charge in [-0.2, -0.15) is 0 Å². The van der Waals surface area contributed by atoms with Crippen molar-refractivity contribution in [3.05, 3.63) is 46.1 Å². The van der Waals surface area contributed by atoms with Gasteiger partial charge < -0.3 is 9.73 Å². The molecule has 84 valence electrons. The summed E-state index contributed by atoms with van der Waals surface area (Å²) in [5.74, 6) is 0.897. The molecular formula is C13H14BrNO. The Morgan fingerprint density at radius 3 is 2.69 bits per heavy atom. The molecule has 0 saturated heterocycles. The molecule has 2 aromatic rings. The molecule has 0 amide bonds. The molecule has 0 aliphatic carbocycles. The number of hydrogen-bond acceptors (Lipinski definition) is 2. The van der Waals surface area contributed by atoms with E-state index in [1.807, 2.05) is 13.1 Å². The van der Waals surface area contributed by atoms with Crippen LogP contribution < -0.4 is 5.32 Å². The van der Waals surface area contributed by atoms with Gasteiger partial charge in [-0.15, -0.1) is 0 Å². The lowest BCUT2D eigenvalue weighted by molar-refractivity contribution is 0.581. The predicted octanol–water partition coefficient (Wildman–Crippen LogP) is 3.74. The van der Waals surface area contributed by atoms with Gasteiger partial charge in [-0.05, 0) is 47.1 Å². The summed E-state index contributed by atoms with van der Waals surface area (Å²) in [5.41, 5.74) is 3.64. The molecule has 0 saturated carbocycles. The van der Waals surface area contributed by atoms with Crippen molar-refractivity contribution < 1.29 is 4.42 Å². The van der Waals surface area contributed by atoms with Crippen molar-refractivity contribution in [2.75, 3.05) is 7.05 Å². The highest BCUT2D eigenvalue weighted by Gasteiger charge is 2.09. The smallest absolute Gasteiger partial charge is 0.148 e. The number of aryl methyl sites for hydroxylation is 1. The summed E-state index contributed by atoms with van der Waals surface area (Å²) in [4.78, 5) is 0. The monoisotopic (exact) mass is 279 g/mol. The lowest BCUT2D eigenvalue weighted by Gasteiger charge is -2.06. The van der Waals surface area contributed by atoms with Crippen LogP contribution in [0.2, 0.25) is 0 Å². The molecule has 0 fully saturated rings. The van der Waals surface area contributed by atoms with Crippen molar-refractivity contribution in [3.63, 3.8) is 0 Å². The number of hydrogen-bond donors (Lipinski definition) is 1. The third-order valence-corrected chi connectivity index (χ3v) is 3.16. The first-order valence-corrected chi connectivity index (χ1v) is 5.99. The zero-order valence-corrected chi connectivity index (χ0v) is 11.0. The van der Waals surface area contributed by atoms with Crippen LogP contribution in [0.1, 0.15) is 11.1 Å². The molecular weight excluding hydrogens is 266 g/mol. The van der Waals surface area contributed by atoms with Gasteiger partial charge in [0.25, 0.3) is 0 Å². The third kappa shape index (κ3) is 2.20. The molecule has 0 unspecified atom stereocenters. The second-order valence-electron chi connectivity index (χ2n) is 3.78. The minimum absolute atomic E-state index is 0.889. The summed E-state index contributed by atoms with van der Waals surface area (Å²) in [6.07, 6.45) is 1.69. The van der Waals surface area contributed by atoms with Crippen molar-refractivity contribution in [2.45, 2.75) is 13.5 Å². The second kappa shape index (κ2) is 4.85. The average molecular weight is 280 g/mol. The van der Waals surface area contributed by atoms with E-state index in [2.05, 4.69) is 46.4 Å². The Hall–Kier alpha value is -1.06. The molecule has 2 nitrogen and oxygen atoms in total. The van der Waals surface area contributed by atoms with Crippen LogP contribution in [-0.4, -0.2) is 7.05 Å². The lowest BCUT2D eigenvalue weighted by atomic mass is 10.0. The summed E-state index contributed by atoms with van der Waals surface area (Å²) in [5, 5.41) is 3.14. The van der Waals surface area contributed by atoms with Gasteiger partial charge in [0.2, 0.25) is 0 Å².